The second kappa shape index (κ2) is 10.6. The molecule has 124 valence electrons. The number of halogens is 1. The summed E-state index contributed by atoms with van der Waals surface area (Å²) in [6, 6.07) is 0.738. The van der Waals surface area contributed by atoms with Gasteiger partial charge in [-0.1, -0.05) is 32.1 Å². The predicted molar refractivity (Wildman–Crippen MR) is 85.0 cm³/mol. The van der Waals surface area contributed by atoms with Crippen LogP contribution in [0.5, 0.6) is 0 Å². The molecule has 4 nitrogen and oxygen atoms in total. The molecule has 0 radical (unpaired) electrons. The highest BCUT2D eigenvalue weighted by Crippen LogP contribution is 2.25. The second-order valence-electron chi connectivity index (χ2n) is 6.19. The van der Waals surface area contributed by atoms with E-state index in [2.05, 4.69) is 15.3 Å². The first-order valence-electron chi connectivity index (χ1n) is 8.56. The molecular weight excluding hydrogens is 281 g/mol. The summed E-state index contributed by atoms with van der Waals surface area (Å²) in [5, 5.41) is 3.69. The minimum absolute atomic E-state index is 0.400. The largest absolute Gasteiger partial charge is 0.381 e. The molecule has 3 rings (SSSR count). The highest BCUT2D eigenvalue weighted by molar-refractivity contribution is 4.80. The van der Waals surface area contributed by atoms with E-state index in [-0.39, 0.29) is 0 Å². The van der Waals surface area contributed by atoms with E-state index in [1.807, 2.05) is 0 Å². The number of rotatable bonds is 4. The normalized spacial score (nSPS) is 20.2. The first-order chi connectivity index (χ1) is 10.8. The summed E-state index contributed by atoms with van der Waals surface area (Å²) in [7, 11) is 0. The molecule has 2 fully saturated rings. The molecule has 2 heterocycles. The van der Waals surface area contributed by atoms with Gasteiger partial charge in [0, 0.05) is 19.3 Å². The van der Waals surface area contributed by atoms with Crippen LogP contribution >= 0.6 is 0 Å². The predicted octanol–water partition coefficient (Wildman–Crippen LogP) is 3.34. The maximum Gasteiger partial charge on any atom is 0.159 e. The van der Waals surface area contributed by atoms with E-state index >= 15 is 0 Å². The average molecular weight is 309 g/mol. The SMILES string of the molecule is C1CCC(CCNC2CCOCC2)CC1.Fc1cncnc1. The molecule has 1 aromatic heterocycles. The second-order valence-corrected chi connectivity index (χ2v) is 6.19. The van der Waals surface area contributed by atoms with Crippen molar-refractivity contribution in [1.29, 1.82) is 0 Å². The molecule has 0 aromatic carbocycles. The van der Waals surface area contributed by atoms with E-state index in [1.54, 1.807) is 0 Å². The van der Waals surface area contributed by atoms with Crippen LogP contribution in [0.2, 0.25) is 0 Å². The number of aromatic nitrogens is 2. The number of nitrogens with one attached hydrogen (secondary N) is 1. The quantitative estimate of drug-likeness (QED) is 0.926. The smallest absolute Gasteiger partial charge is 0.159 e. The summed E-state index contributed by atoms with van der Waals surface area (Å²) < 4.78 is 17.1. The van der Waals surface area contributed by atoms with Crippen LogP contribution in [0, 0.1) is 11.7 Å². The summed E-state index contributed by atoms with van der Waals surface area (Å²) in [5.41, 5.74) is 0. The molecule has 22 heavy (non-hydrogen) atoms. The van der Waals surface area contributed by atoms with E-state index in [1.165, 1.54) is 64.2 Å². The van der Waals surface area contributed by atoms with E-state index in [9.17, 15) is 4.39 Å². The molecule has 0 unspecified atom stereocenters. The van der Waals surface area contributed by atoms with Crippen molar-refractivity contribution in [2.75, 3.05) is 19.8 Å². The van der Waals surface area contributed by atoms with Gasteiger partial charge in [-0.2, -0.15) is 0 Å². The van der Waals surface area contributed by atoms with E-state index in [0.717, 1.165) is 37.6 Å². The zero-order chi connectivity index (χ0) is 15.5. The Morgan fingerprint density at radius 2 is 1.73 bits per heavy atom. The molecule has 0 bridgehead atoms. The van der Waals surface area contributed by atoms with Crippen molar-refractivity contribution in [3.05, 3.63) is 24.5 Å². The fourth-order valence-electron chi connectivity index (χ4n) is 3.15. The Bertz CT molecular complexity index is 361. The fourth-order valence-corrected chi connectivity index (χ4v) is 3.15. The van der Waals surface area contributed by atoms with Gasteiger partial charge >= 0.3 is 0 Å². The van der Waals surface area contributed by atoms with E-state index in [4.69, 9.17) is 4.74 Å². The molecule has 2 aliphatic rings. The van der Waals surface area contributed by atoms with Gasteiger partial charge in [-0.05, 0) is 31.7 Å². The number of hydrogen-bond donors (Lipinski definition) is 1. The van der Waals surface area contributed by atoms with Crippen molar-refractivity contribution in [3.63, 3.8) is 0 Å². The molecular formula is C17H28FN3O. The minimum atomic E-state index is -0.400. The van der Waals surface area contributed by atoms with Crippen LogP contribution in [0.25, 0.3) is 0 Å². The standard InChI is InChI=1S/C13H25NO.C4H3FN2/c1-2-4-12(5-3-1)6-9-14-13-7-10-15-11-8-13;5-4-1-6-3-7-2-4/h12-14H,1-11H2;1-3H. The van der Waals surface area contributed by atoms with Gasteiger partial charge in [-0.3, -0.25) is 0 Å². The summed E-state index contributed by atoms with van der Waals surface area (Å²) in [5.74, 6) is 0.619. The molecule has 0 spiro atoms. The maximum absolute atomic E-state index is 11.8. The third-order valence-electron chi connectivity index (χ3n) is 4.46. The Morgan fingerprint density at radius 3 is 2.32 bits per heavy atom. The zero-order valence-electron chi connectivity index (χ0n) is 13.3. The molecule has 1 saturated heterocycles. The summed E-state index contributed by atoms with van der Waals surface area (Å²) in [6.07, 6.45) is 14.7. The molecule has 1 aliphatic carbocycles. The Morgan fingerprint density at radius 1 is 1.05 bits per heavy atom. The molecule has 1 aliphatic heterocycles. The summed E-state index contributed by atoms with van der Waals surface area (Å²) in [4.78, 5) is 6.80. The van der Waals surface area contributed by atoms with Crippen molar-refractivity contribution in [1.82, 2.24) is 15.3 Å². The van der Waals surface area contributed by atoms with Gasteiger partial charge in [0.15, 0.2) is 5.82 Å². The van der Waals surface area contributed by atoms with Crippen LogP contribution in [-0.4, -0.2) is 35.8 Å². The van der Waals surface area contributed by atoms with Gasteiger partial charge in [0.2, 0.25) is 0 Å². The van der Waals surface area contributed by atoms with Gasteiger partial charge in [-0.25, -0.2) is 14.4 Å². The van der Waals surface area contributed by atoms with Gasteiger partial charge in [0.1, 0.15) is 6.33 Å². The van der Waals surface area contributed by atoms with Gasteiger partial charge < -0.3 is 10.1 Å². The van der Waals surface area contributed by atoms with Crippen LogP contribution in [0.15, 0.2) is 18.7 Å². The molecule has 1 saturated carbocycles. The molecule has 0 atom stereocenters. The first-order valence-corrected chi connectivity index (χ1v) is 8.56. The number of ether oxygens (including phenoxy) is 1. The van der Waals surface area contributed by atoms with Crippen molar-refractivity contribution in [2.24, 2.45) is 5.92 Å². The number of hydrogen-bond acceptors (Lipinski definition) is 4. The highest BCUT2D eigenvalue weighted by atomic mass is 19.1. The van der Waals surface area contributed by atoms with E-state index < -0.39 is 5.82 Å². The summed E-state index contributed by atoms with van der Waals surface area (Å²) >= 11 is 0. The lowest BCUT2D eigenvalue weighted by molar-refractivity contribution is 0.0775. The summed E-state index contributed by atoms with van der Waals surface area (Å²) in [6.45, 7) is 3.15. The first kappa shape index (κ1) is 17.3. The van der Waals surface area contributed by atoms with Crippen LogP contribution in [0.3, 0.4) is 0 Å². The lowest BCUT2D eigenvalue weighted by Crippen LogP contribution is -2.36. The Kier molecular flexibility index (Phi) is 8.35. The van der Waals surface area contributed by atoms with Crippen LogP contribution in [-0.2, 0) is 4.74 Å². The Balaban J connectivity index is 0.000000211. The van der Waals surface area contributed by atoms with Crippen molar-refractivity contribution in [2.45, 2.75) is 57.4 Å². The Hall–Kier alpha value is -1.07. The van der Waals surface area contributed by atoms with Crippen molar-refractivity contribution >= 4 is 0 Å². The third kappa shape index (κ3) is 7.27. The Labute approximate surface area is 132 Å². The van der Waals surface area contributed by atoms with Crippen LogP contribution in [0.4, 0.5) is 4.39 Å². The average Bonchev–Trinajstić information content (AvgIpc) is 2.58. The van der Waals surface area contributed by atoms with Gasteiger partial charge in [-0.15, -0.1) is 0 Å². The van der Waals surface area contributed by atoms with Crippen LogP contribution in [0.1, 0.15) is 51.4 Å². The molecule has 1 N–H and O–H groups in total. The highest BCUT2D eigenvalue weighted by Gasteiger charge is 2.15. The lowest BCUT2D eigenvalue weighted by Gasteiger charge is -2.26. The fraction of sp³-hybridized carbons (Fsp3) is 0.765. The van der Waals surface area contributed by atoms with E-state index in [0.29, 0.717) is 0 Å². The van der Waals surface area contributed by atoms with Crippen molar-refractivity contribution < 1.29 is 9.13 Å². The molecule has 0 amide bonds. The minimum Gasteiger partial charge on any atom is -0.381 e. The van der Waals surface area contributed by atoms with Crippen molar-refractivity contribution in [3.8, 4) is 0 Å². The molecule has 5 heteroatoms. The lowest BCUT2D eigenvalue weighted by atomic mass is 9.87. The number of nitrogens with zero attached hydrogens (tertiary/aromatic N) is 2. The van der Waals surface area contributed by atoms with Gasteiger partial charge in [0.05, 0.1) is 12.4 Å². The maximum atomic E-state index is 11.8. The molecule has 1 aromatic rings. The van der Waals surface area contributed by atoms with Crippen LogP contribution < -0.4 is 5.32 Å². The topological polar surface area (TPSA) is 47.0 Å². The monoisotopic (exact) mass is 309 g/mol. The zero-order valence-corrected chi connectivity index (χ0v) is 13.3. The van der Waals surface area contributed by atoms with Gasteiger partial charge in [0.25, 0.3) is 0 Å². The third-order valence-corrected chi connectivity index (χ3v) is 4.46.